The second-order valence-electron chi connectivity index (χ2n) is 4.86. The van der Waals surface area contributed by atoms with Gasteiger partial charge in [-0.05, 0) is 48.4 Å². The molecule has 1 amide bonds. The van der Waals surface area contributed by atoms with Crippen LogP contribution < -0.4 is 10.6 Å². The Morgan fingerprint density at radius 2 is 1.95 bits per heavy atom. The summed E-state index contributed by atoms with van der Waals surface area (Å²) < 4.78 is 0. The molecule has 21 heavy (non-hydrogen) atoms. The van der Waals surface area contributed by atoms with Crippen molar-refractivity contribution in [2.45, 2.75) is 12.8 Å². The first-order valence-electron chi connectivity index (χ1n) is 6.71. The Balaban J connectivity index is 1.97. The summed E-state index contributed by atoms with van der Waals surface area (Å²) in [5, 5.41) is 8.77. The minimum absolute atomic E-state index is 0.0298. The maximum absolute atomic E-state index is 12.2. The highest BCUT2D eigenvalue weighted by Crippen LogP contribution is 2.16. The summed E-state index contributed by atoms with van der Waals surface area (Å²) in [5.74, 6) is 0.0298. The molecule has 4 heteroatoms. The normalized spacial score (nSPS) is 9.90. The number of carbonyl (C=O) groups is 1. The Bertz CT molecular complexity index is 671. The standard InChI is InChI=1S/C17H17N3O/c1-20(16-8-5-14(12-18)6-9-16)17(21)10-7-13-3-2-4-15(19)11-13/h2-6,8-9,11H,7,10,19H2,1H3. The molecule has 0 saturated carbocycles. The Hall–Kier alpha value is -2.80. The summed E-state index contributed by atoms with van der Waals surface area (Å²) in [6, 6.07) is 16.6. The number of nitrogens with two attached hydrogens (primary N) is 1. The quantitative estimate of drug-likeness (QED) is 0.875. The molecule has 0 aliphatic heterocycles. The van der Waals surface area contributed by atoms with Crippen LogP contribution >= 0.6 is 0 Å². The molecule has 0 aliphatic carbocycles. The number of rotatable bonds is 4. The lowest BCUT2D eigenvalue weighted by Gasteiger charge is -2.17. The fraction of sp³-hybridized carbons (Fsp3) is 0.176. The molecule has 0 heterocycles. The molecule has 0 spiro atoms. The number of hydrogen-bond donors (Lipinski definition) is 1. The van der Waals surface area contributed by atoms with Crippen molar-refractivity contribution >= 4 is 17.3 Å². The van der Waals surface area contributed by atoms with E-state index in [0.29, 0.717) is 24.1 Å². The molecular formula is C17H17N3O. The van der Waals surface area contributed by atoms with Crippen molar-refractivity contribution in [3.8, 4) is 6.07 Å². The maximum atomic E-state index is 12.2. The van der Waals surface area contributed by atoms with E-state index in [4.69, 9.17) is 11.0 Å². The Kier molecular flexibility index (Phi) is 4.57. The van der Waals surface area contributed by atoms with E-state index in [1.807, 2.05) is 24.3 Å². The second-order valence-corrected chi connectivity index (χ2v) is 4.86. The molecule has 4 nitrogen and oxygen atoms in total. The second kappa shape index (κ2) is 6.58. The monoisotopic (exact) mass is 279 g/mol. The number of nitrogen functional groups attached to an aromatic ring is 1. The van der Waals surface area contributed by atoms with E-state index in [1.54, 1.807) is 36.2 Å². The largest absolute Gasteiger partial charge is 0.399 e. The Labute approximate surface area is 124 Å². The molecule has 0 atom stereocenters. The summed E-state index contributed by atoms with van der Waals surface area (Å²) in [6.45, 7) is 0. The van der Waals surface area contributed by atoms with Gasteiger partial charge >= 0.3 is 0 Å². The molecule has 0 aliphatic rings. The summed E-state index contributed by atoms with van der Waals surface area (Å²) in [4.78, 5) is 13.8. The zero-order valence-electron chi connectivity index (χ0n) is 11.9. The zero-order valence-corrected chi connectivity index (χ0v) is 11.9. The van der Waals surface area contributed by atoms with Crippen LogP contribution in [0.2, 0.25) is 0 Å². The highest BCUT2D eigenvalue weighted by atomic mass is 16.2. The molecule has 0 radical (unpaired) electrons. The number of nitrogens with zero attached hydrogens (tertiary/aromatic N) is 2. The van der Waals surface area contributed by atoms with E-state index in [1.165, 1.54) is 0 Å². The van der Waals surface area contributed by atoms with Gasteiger partial charge in [-0.15, -0.1) is 0 Å². The van der Waals surface area contributed by atoms with Gasteiger partial charge in [-0.2, -0.15) is 5.26 Å². The summed E-state index contributed by atoms with van der Waals surface area (Å²) in [6.07, 6.45) is 1.07. The molecule has 106 valence electrons. The average molecular weight is 279 g/mol. The van der Waals surface area contributed by atoms with Crippen molar-refractivity contribution in [3.63, 3.8) is 0 Å². The van der Waals surface area contributed by atoms with Gasteiger partial charge in [-0.1, -0.05) is 12.1 Å². The first kappa shape index (κ1) is 14.6. The first-order valence-corrected chi connectivity index (χ1v) is 6.71. The molecule has 2 N–H and O–H groups in total. The van der Waals surface area contributed by atoms with Gasteiger partial charge in [-0.25, -0.2) is 0 Å². The topological polar surface area (TPSA) is 70.1 Å². The highest BCUT2D eigenvalue weighted by molar-refractivity contribution is 5.92. The van der Waals surface area contributed by atoms with Gasteiger partial charge in [0.2, 0.25) is 5.91 Å². The van der Waals surface area contributed by atoms with Crippen molar-refractivity contribution in [3.05, 3.63) is 59.7 Å². The summed E-state index contributed by atoms with van der Waals surface area (Å²) in [7, 11) is 1.74. The van der Waals surface area contributed by atoms with Crippen LogP contribution in [0.5, 0.6) is 0 Å². The van der Waals surface area contributed by atoms with Crippen LogP contribution in [0.1, 0.15) is 17.5 Å². The van der Waals surface area contributed by atoms with Crippen LogP contribution in [-0.2, 0) is 11.2 Å². The minimum Gasteiger partial charge on any atom is -0.399 e. The van der Waals surface area contributed by atoms with Gasteiger partial charge in [-0.3, -0.25) is 4.79 Å². The van der Waals surface area contributed by atoms with E-state index in [-0.39, 0.29) is 5.91 Å². The fourth-order valence-corrected chi connectivity index (χ4v) is 2.07. The Morgan fingerprint density at radius 1 is 1.24 bits per heavy atom. The number of hydrogen-bond acceptors (Lipinski definition) is 3. The van der Waals surface area contributed by atoms with E-state index in [2.05, 4.69) is 6.07 Å². The Morgan fingerprint density at radius 3 is 2.57 bits per heavy atom. The van der Waals surface area contributed by atoms with Gasteiger partial charge in [0, 0.05) is 24.8 Å². The lowest BCUT2D eigenvalue weighted by atomic mass is 10.1. The number of carbonyl (C=O) groups excluding carboxylic acids is 1. The molecule has 2 aromatic rings. The van der Waals surface area contributed by atoms with E-state index >= 15 is 0 Å². The van der Waals surface area contributed by atoms with Crippen LogP contribution in [0.15, 0.2) is 48.5 Å². The van der Waals surface area contributed by atoms with E-state index in [0.717, 1.165) is 11.3 Å². The third-order valence-corrected chi connectivity index (χ3v) is 3.34. The van der Waals surface area contributed by atoms with Crippen molar-refractivity contribution in [1.29, 1.82) is 5.26 Å². The fourth-order valence-electron chi connectivity index (χ4n) is 2.07. The van der Waals surface area contributed by atoms with Crippen molar-refractivity contribution in [2.24, 2.45) is 0 Å². The van der Waals surface area contributed by atoms with Gasteiger partial charge in [0.05, 0.1) is 11.6 Å². The zero-order chi connectivity index (χ0) is 15.2. The highest BCUT2D eigenvalue weighted by Gasteiger charge is 2.11. The van der Waals surface area contributed by atoms with Gasteiger partial charge in [0.15, 0.2) is 0 Å². The van der Waals surface area contributed by atoms with E-state index < -0.39 is 0 Å². The maximum Gasteiger partial charge on any atom is 0.227 e. The molecule has 0 fully saturated rings. The first-order chi connectivity index (χ1) is 10.1. The van der Waals surface area contributed by atoms with E-state index in [9.17, 15) is 4.79 Å². The number of anilines is 2. The number of benzene rings is 2. The molecule has 2 rings (SSSR count). The van der Waals surface area contributed by atoms with Gasteiger partial charge < -0.3 is 10.6 Å². The van der Waals surface area contributed by atoms with Crippen molar-refractivity contribution in [1.82, 2.24) is 0 Å². The average Bonchev–Trinajstić information content (AvgIpc) is 2.52. The van der Waals surface area contributed by atoms with Crippen LogP contribution in [0.4, 0.5) is 11.4 Å². The van der Waals surface area contributed by atoms with Crippen LogP contribution in [-0.4, -0.2) is 13.0 Å². The molecule has 0 saturated heterocycles. The molecule has 0 aromatic heterocycles. The number of aryl methyl sites for hydroxylation is 1. The predicted octanol–water partition coefficient (Wildman–Crippen LogP) is 2.74. The number of amides is 1. The molecule has 0 bridgehead atoms. The third-order valence-electron chi connectivity index (χ3n) is 3.34. The van der Waals surface area contributed by atoms with Crippen LogP contribution in [0.25, 0.3) is 0 Å². The SMILES string of the molecule is CN(C(=O)CCc1cccc(N)c1)c1ccc(C#N)cc1. The number of nitriles is 1. The van der Waals surface area contributed by atoms with Crippen molar-refractivity contribution in [2.75, 3.05) is 17.7 Å². The predicted molar refractivity (Wildman–Crippen MR) is 83.7 cm³/mol. The van der Waals surface area contributed by atoms with Gasteiger partial charge in [0.25, 0.3) is 0 Å². The smallest absolute Gasteiger partial charge is 0.227 e. The lowest BCUT2D eigenvalue weighted by molar-refractivity contribution is -0.118. The van der Waals surface area contributed by atoms with Crippen molar-refractivity contribution < 1.29 is 4.79 Å². The van der Waals surface area contributed by atoms with Gasteiger partial charge in [0.1, 0.15) is 0 Å². The molecule has 2 aromatic carbocycles. The molecular weight excluding hydrogens is 262 g/mol. The summed E-state index contributed by atoms with van der Waals surface area (Å²) in [5.41, 5.74) is 8.85. The summed E-state index contributed by atoms with van der Waals surface area (Å²) >= 11 is 0. The van der Waals surface area contributed by atoms with Crippen LogP contribution in [0, 0.1) is 11.3 Å². The van der Waals surface area contributed by atoms with Crippen LogP contribution in [0.3, 0.4) is 0 Å². The molecule has 0 unspecified atom stereocenters. The third kappa shape index (κ3) is 3.83. The minimum atomic E-state index is 0.0298. The lowest BCUT2D eigenvalue weighted by Crippen LogP contribution is -2.26.